The first-order valence-electron chi connectivity index (χ1n) is 5.75. The minimum absolute atomic E-state index is 0.173. The molecule has 0 spiro atoms. The zero-order valence-electron chi connectivity index (χ0n) is 11.2. The van der Waals surface area contributed by atoms with Crippen molar-refractivity contribution in [3.63, 3.8) is 0 Å². The van der Waals surface area contributed by atoms with E-state index in [0.29, 0.717) is 27.8 Å². The van der Waals surface area contributed by atoms with Gasteiger partial charge in [-0.3, -0.25) is 0 Å². The summed E-state index contributed by atoms with van der Waals surface area (Å²) in [4.78, 5) is 23.3. The van der Waals surface area contributed by atoms with Gasteiger partial charge < -0.3 is 14.5 Å². The predicted octanol–water partition coefficient (Wildman–Crippen LogP) is 2.25. The summed E-state index contributed by atoms with van der Waals surface area (Å²) in [5, 5.41) is 1.24. The van der Waals surface area contributed by atoms with Crippen LogP contribution in [0.2, 0.25) is 0 Å². The average molecular weight is 281 g/mol. The summed E-state index contributed by atoms with van der Waals surface area (Å²) in [7, 11) is 1.53. The number of methoxy groups -OCH3 is 1. The maximum Gasteiger partial charge on any atom is 0.355 e. The van der Waals surface area contributed by atoms with Crippen molar-refractivity contribution in [3.8, 4) is 5.88 Å². The SMILES string of the molecule is COc1nc(SC)nc2[nH]c(C(=O)OC(C)C)cc12. The lowest BCUT2D eigenvalue weighted by atomic mass is 10.3. The van der Waals surface area contributed by atoms with Crippen LogP contribution in [0.25, 0.3) is 11.0 Å². The molecule has 0 unspecified atom stereocenters. The fraction of sp³-hybridized carbons (Fsp3) is 0.417. The van der Waals surface area contributed by atoms with Crippen molar-refractivity contribution in [2.75, 3.05) is 13.4 Å². The molecule has 0 aliphatic carbocycles. The number of esters is 1. The van der Waals surface area contributed by atoms with Gasteiger partial charge in [0.15, 0.2) is 5.16 Å². The lowest BCUT2D eigenvalue weighted by Crippen LogP contribution is -2.11. The van der Waals surface area contributed by atoms with E-state index < -0.39 is 5.97 Å². The molecule has 2 aromatic heterocycles. The first-order valence-corrected chi connectivity index (χ1v) is 6.97. The molecule has 0 aliphatic rings. The zero-order valence-corrected chi connectivity index (χ0v) is 12.0. The highest BCUT2D eigenvalue weighted by Gasteiger charge is 2.17. The molecule has 0 atom stereocenters. The molecule has 0 radical (unpaired) electrons. The number of hydrogen-bond donors (Lipinski definition) is 1. The number of ether oxygens (including phenoxy) is 2. The molecular weight excluding hydrogens is 266 g/mol. The van der Waals surface area contributed by atoms with Gasteiger partial charge in [0.2, 0.25) is 5.88 Å². The maximum atomic E-state index is 11.8. The quantitative estimate of drug-likeness (QED) is 0.526. The summed E-state index contributed by atoms with van der Waals surface area (Å²) >= 11 is 1.40. The third kappa shape index (κ3) is 2.81. The highest BCUT2D eigenvalue weighted by Crippen LogP contribution is 2.26. The van der Waals surface area contributed by atoms with E-state index in [1.165, 1.54) is 18.9 Å². The van der Waals surface area contributed by atoms with Crippen molar-refractivity contribution in [3.05, 3.63) is 11.8 Å². The number of H-pyrrole nitrogens is 1. The maximum absolute atomic E-state index is 11.8. The van der Waals surface area contributed by atoms with Gasteiger partial charge >= 0.3 is 5.97 Å². The van der Waals surface area contributed by atoms with Gasteiger partial charge in [-0.1, -0.05) is 11.8 Å². The lowest BCUT2D eigenvalue weighted by molar-refractivity contribution is 0.0372. The Morgan fingerprint density at radius 1 is 1.42 bits per heavy atom. The van der Waals surface area contributed by atoms with Crippen molar-refractivity contribution in [2.45, 2.75) is 25.1 Å². The number of fused-ring (bicyclic) bond motifs is 1. The fourth-order valence-corrected chi connectivity index (χ4v) is 1.95. The van der Waals surface area contributed by atoms with Crippen molar-refractivity contribution in [1.82, 2.24) is 15.0 Å². The molecular formula is C12H15N3O3S. The van der Waals surface area contributed by atoms with Gasteiger partial charge in [-0.05, 0) is 26.2 Å². The fourth-order valence-electron chi connectivity index (χ4n) is 1.60. The summed E-state index contributed by atoms with van der Waals surface area (Å²) in [6.07, 6.45) is 1.70. The van der Waals surface area contributed by atoms with Crippen LogP contribution in [0, 0.1) is 0 Å². The second-order valence-corrected chi connectivity index (χ2v) is 4.89. The normalized spacial score (nSPS) is 11.0. The molecule has 19 heavy (non-hydrogen) atoms. The van der Waals surface area contributed by atoms with Crippen LogP contribution in [0.3, 0.4) is 0 Å². The first kappa shape index (κ1) is 13.7. The molecule has 0 bridgehead atoms. The second kappa shape index (κ2) is 5.48. The molecule has 0 amide bonds. The Labute approximate surface area is 114 Å². The Morgan fingerprint density at radius 3 is 2.74 bits per heavy atom. The Balaban J connectivity index is 2.47. The van der Waals surface area contributed by atoms with Gasteiger partial charge in [0, 0.05) is 0 Å². The summed E-state index contributed by atoms with van der Waals surface area (Å²) in [6, 6.07) is 1.64. The van der Waals surface area contributed by atoms with E-state index in [4.69, 9.17) is 9.47 Å². The van der Waals surface area contributed by atoms with Gasteiger partial charge in [-0.2, -0.15) is 4.98 Å². The predicted molar refractivity (Wildman–Crippen MR) is 72.8 cm³/mol. The van der Waals surface area contributed by atoms with E-state index in [2.05, 4.69) is 15.0 Å². The van der Waals surface area contributed by atoms with E-state index in [9.17, 15) is 4.79 Å². The number of aromatic nitrogens is 3. The van der Waals surface area contributed by atoms with Gasteiger partial charge in [-0.15, -0.1) is 0 Å². The summed E-state index contributed by atoms with van der Waals surface area (Å²) in [5.41, 5.74) is 0.904. The van der Waals surface area contributed by atoms with Crippen LogP contribution in [0.4, 0.5) is 0 Å². The molecule has 0 aliphatic heterocycles. The van der Waals surface area contributed by atoms with E-state index >= 15 is 0 Å². The van der Waals surface area contributed by atoms with E-state index in [1.807, 2.05) is 6.26 Å². The van der Waals surface area contributed by atoms with Crippen molar-refractivity contribution in [1.29, 1.82) is 0 Å². The molecule has 2 aromatic rings. The third-order valence-electron chi connectivity index (χ3n) is 2.37. The Kier molecular flexibility index (Phi) is 3.94. The standard InChI is InChI=1S/C12H15N3O3S/c1-6(2)18-11(16)8-5-7-9(13-8)14-12(19-4)15-10(7)17-3/h5-6H,1-4H3,(H,13,14,15). The summed E-state index contributed by atoms with van der Waals surface area (Å²) < 4.78 is 10.3. The van der Waals surface area contributed by atoms with Gasteiger partial charge in [0.1, 0.15) is 11.3 Å². The molecule has 0 saturated heterocycles. The largest absolute Gasteiger partial charge is 0.480 e. The average Bonchev–Trinajstić information content (AvgIpc) is 2.80. The molecule has 1 N–H and O–H groups in total. The number of rotatable bonds is 4. The van der Waals surface area contributed by atoms with E-state index in [1.54, 1.807) is 19.9 Å². The highest BCUT2D eigenvalue weighted by atomic mass is 32.2. The van der Waals surface area contributed by atoms with Crippen LogP contribution in [0.1, 0.15) is 24.3 Å². The molecule has 102 valence electrons. The van der Waals surface area contributed by atoms with Gasteiger partial charge in [0.25, 0.3) is 0 Å². The Hall–Kier alpha value is -1.76. The smallest absolute Gasteiger partial charge is 0.355 e. The molecule has 0 fully saturated rings. The minimum Gasteiger partial charge on any atom is -0.480 e. The molecule has 2 rings (SSSR count). The zero-order chi connectivity index (χ0) is 14.0. The number of thioether (sulfide) groups is 1. The Morgan fingerprint density at radius 2 is 2.16 bits per heavy atom. The third-order valence-corrected chi connectivity index (χ3v) is 2.92. The Bertz CT molecular complexity index is 610. The summed E-state index contributed by atoms with van der Waals surface area (Å²) in [5.74, 6) is 0.0231. The number of carbonyl (C=O) groups is 1. The van der Waals surface area contributed by atoms with Crippen LogP contribution in [0.5, 0.6) is 5.88 Å². The molecule has 0 saturated carbocycles. The second-order valence-electron chi connectivity index (χ2n) is 4.12. The van der Waals surface area contributed by atoms with Crippen LogP contribution in [-0.4, -0.2) is 40.4 Å². The monoisotopic (exact) mass is 281 g/mol. The van der Waals surface area contributed by atoms with Crippen LogP contribution in [0.15, 0.2) is 11.2 Å². The minimum atomic E-state index is -0.416. The number of nitrogens with zero attached hydrogens (tertiary/aromatic N) is 2. The van der Waals surface area contributed by atoms with Crippen LogP contribution in [-0.2, 0) is 4.74 Å². The lowest BCUT2D eigenvalue weighted by Gasteiger charge is -2.05. The van der Waals surface area contributed by atoms with Crippen LogP contribution < -0.4 is 4.74 Å². The highest BCUT2D eigenvalue weighted by molar-refractivity contribution is 7.98. The molecule has 2 heterocycles. The van der Waals surface area contributed by atoms with Crippen molar-refractivity contribution < 1.29 is 14.3 Å². The molecule has 7 heteroatoms. The van der Waals surface area contributed by atoms with Gasteiger partial charge in [0.05, 0.1) is 18.6 Å². The number of aromatic amines is 1. The van der Waals surface area contributed by atoms with E-state index in [-0.39, 0.29) is 6.10 Å². The number of hydrogen-bond acceptors (Lipinski definition) is 6. The van der Waals surface area contributed by atoms with Gasteiger partial charge in [-0.25, -0.2) is 9.78 Å². The topological polar surface area (TPSA) is 77.1 Å². The number of nitrogens with one attached hydrogen (secondary N) is 1. The summed E-state index contributed by atoms with van der Waals surface area (Å²) in [6.45, 7) is 3.60. The van der Waals surface area contributed by atoms with Crippen molar-refractivity contribution in [2.24, 2.45) is 0 Å². The van der Waals surface area contributed by atoms with Crippen molar-refractivity contribution >= 4 is 28.8 Å². The molecule has 0 aromatic carbocycles. The first-order chi connectivity index (χ1) is 9.05. The van der Waals surface area contributed by atoms with E-state index in [0.717, 1.165) is 0 Å². The van der Waals surface area contributed by atoms with Crippen LogP contribution >= 0.6 is 11.8 Å². The molecule has 6 nitrogen and oxygen atoms in total. The number of carbonyl (C=O) groups excluding carboxylic acids is 1.